The van der Waals surface area contributed by atoms with Crippen molar-refractivity contribution >= 4 is 27.8 Å². The van der Waals surface area contributed by atoms with Crippen molar-refractivity contribution in [3.05, 3.63) is 33.5 Å². The summed E-state index contributed by atoms with van der Waals surface area (Å²) in [6.07, 6.45) is 1.97. The van der Waals surface area contributed by atoms with E-state index in [2.05, 4.69) is 39.2 Å². The van der Waals surface area contributed by atoms with Gasteiger partial charge in [0.1, 0.15) is 0 Å². The molecule has 3 rings (SSSR count). The summed E-state index contributed by atoms with van der Waals surface area (Å²) >= 11 is 3.65. The molecule has 1 aliphatic heterocycles. The highest BCUT2D eigenvalue weighted by atomic mass is 32.1. The van der Waals surface area contributed by atoms with Crippen molar-refractivity contribution in [3.63, 3.8) is 0 Å². The summed E-state index contributed by atoms with van der Waals surface area (Å²) in [4.78, 5) is 12.2. The van der Waals surface area contributed by atoms with Crippen LogP contribution in [0.25, 0.3) is 0 Å². The molecule has 2 aromatic heterocycles. The van der Waals surface area contributed by atoms with Gasteiger partial charge in [0.2, 0.25) is 0 Å². The molecule has 3 nitrogen and oxygen atoms in total. The zero-order valence-corrected chi connectivity index (χ0v) is 12.1. The molecule has 1 saturated heterocycles. The Kier molecular flexibility index (Phi) is 3.63. The molecule has 1 aliphatic rings. The standard InChI is InChI=1S/C13H17N3S2/c1-11-9-14-13(18-11)16-6-4-15(5-7-16)10-12-3-2-8-17-12/h2-3,8-9H,4-7,10H2,1H3. The van der Waals surface area contributed by atoms with E-state index in [1.165, 1.54) is 14.9 Å². The molecule has 0 amide bonds. The van der Waals surface area contributed by atoms with Gasteiger partial charge in [0, 0.05) is 48.7 Å². The molecule has 0 aliphatic carbocycles. The van der Waals surface area contributed by atoms with Crippen LogP contribution in [0.2, 0.25) is 0 Å². The summed E-state index contributed by atoms with van der Waals surface area (Å²) in [5.74, 6) is 0. The lowest BCUT2D eigenvalue weighted by Crippen LogP contribution is -2.45. The predicted molar refractivity (Wildman–Crippen MR) is 78.7 cm³/mol. The average Bonchev–Trinajstić information content (AvgIpc) is 3.02. The first-order chi connectivity index (χ1) is 8.81. The van der Waals surface area contributed by atoms with Crippen molar-refractivity contribution in [2.45, 2.75) is 13.5 Å². The molecular weight excluding hydrogens is 262 g/mol. The van der Waals surface area contributed by atoms with E-state index in [0.29, 0.717) is 0 Å². The van der Waals surface area contributed by atoms with Crippen LogP contribution in [0.5, 0.6) is 0 Å². The molecule has 0 bridgehead atoms. The average molecular weight is 279 g/mol. The van der Waals surface area contributed by atoms with Crippen molar-refractivity contribution in [2.24, 2.45) is 0 Å². The molecule has 0 radical (unpaired) electrons. The summed E-state index contributed by atoms with van der Waals surface area (Å²) in [5.41, 5.74) is 0. The molecule has 0 N–H and O–H groups in total. The van der Waals surface area contributed by atoms with Gasteiger partial charge in [0.05, 0.1) is 0 Å². The minimum atomic E-state index is 1.10. The van der Waals surface area contributed by atoms with E-state index in [9.17, 15) is 0 Å². The minimum Gasteiger partial charge on any atom is -0.346 e. The zero-order valence-electron chi connectivity index (χ0n) is 10.5. The van der Waals surface area contributed by atoms with Crippen molar-refractivity contribution in [1.82, 2.24) is 9.88 Å². The Balaban J connectivity index is 1.55. The van der Waals surface area contributed by atoms with Crippen LogP contribution in [0.4, 0.5) is 5.13 Å². The highest BCUT2D eigenvalue weighted by Gasteiger charge is 2.19. The Labute approximate surface area is 116 Å². The highest BCUT2D eigenvalue weighted by Crippen LogP contribution is 2.23. The van der Waals surface area contributed by atoms with Gasteiger partial charge >= 0.3 is 0 Å². The van der Waals surface area contributed by atoms with E-state index in [1.807, 2.05) is 17.5 Å². The molecule has 1 fully saturated rings. The fraction of sp³-hybridized carbons (Fsp3) is 0.462. The van der Waals surface area contributed by atoms with Crippen LogP contribution in [0.3, 0.4) is 0 Å². The number of rotatable bonds is 3. The van der Waals surface area contributed by atoms with Crippen LogP contribution in [0.15, 0.2) is 23.7 Å². The van der Waals surface area contributed by atoms with Gasteiger partial charge < -0.3 is 4.90 Å². The van der Waals surface area contributed by atoms with Crippen molar-refractivity contribution in [3.8, 4) is 0 Å². The summed E-state index contributed by atoms with van der Waals surface area (Å²) in [6, 6.07) is 4.36. The van der Waals surface area contributed by atoms with E-state index in [4.69, 9.17) is 0 Å². The lowest BCUT2D eigenvalue weighted by molar-refractivity contribution is 0.252. The summed E-state index contributed by atoms with van der Waals surface area (Å²) in [6.45, 7) is 7.68. The molecule has 0 spiro atoms. The van der Waals surface area contributed by atoms with Gasteiger partial charge in [-0.1, -0.05) is 6.07 Å². The van der Waals surface area contributed by atoms with Crippen molar-refractivity contribution in [2.75, 3.05) is 31.1 Å². The molecule has 3 heterocycles. The van der Waals surface area contributed by atoms with Gasteiger partial charge in [-0.05, 0) is 18.4 Å². The Morgan fingerprint density at radius 3 is 2.72 bits per heavy atom. The lowest BCUT2D eigenvalue weighted by Gasteiger charge is -2.34. The van der Waals surface area contributed by atoms with Crippen LogP contribution in [0, 0.1) is 6.92 Å². The Morgan fingerprint density at radius 2 is 2.11 bits per heavy atom. The maximum atomic E-state index is 4.47. The third-order valence-corrected chi connectivity index (χ3v) is 5.05. The van der Waals surface area contributed by atoms with Crippen LogP contribution < -0.4 is 4.90 Å². The number of thiophene rings is 1. The molecule has 96 valence electrons. The first kappa shape index (κ1) is 12.1. The largest absolute Gasteiger partial charge is 0.346 e. The van der Waals surface area contributed by atoms with Crippen LogP contribution in [-0.2, 0) is 6.54 Å². The third kappa shape index (κ3) is 2.74. The molecule has 0 atom stereocenters. The number of hydrogen-bond acceptors (Lipinski definition) is 5. The van der Waals surface area contributed by atoms with Gasteiger partial charge in [-0.2, -0.15) is 0 Å². The monoisotopic (exact) mass is 279 g/mol. The second kappa shape index (κ2) is 5.38. The Hall–Kier alpha value is -0.910. The van der Waals surface area contributed by atoms with E-state index < -0.39 is 0 Å². The van der Waals surface area contributed by atoms with Gasteiger partial charge in [-0.15, -0.1) is 22.7 Å². The molecule has 2 aromatic rings. The fourth-order valence-electron chi connectivity index (χ4n) is 2.21. The van der Waals surface area contributed by atoms with Gasteiger partial charge in [-0.25, -0.2) is 4.98 Å². The molecule has 18 heavy (non-hydrogen) atoms. The SMILES string of the molecule is Cc1cnc(N2CCN(Cc3cccs3)CC2)s1. The van der Waals surface area contributed by atoms with E-state index in [-0.39, 0.29) is 0 Å². The first-order valence-electron chi connectivity index (χ1n) is 6.23. The summed E-state index contributed by atoms with van der Waals surface area (Å²) in [7, 11) is 0. The number of hydrogen-bond donors (Lipinski definition) is 0. The molecule has 5 heteroatoms. The maximum absolute atomic E-state index is 4.47. The maximum Gasteiger partial charge on any atom is 0.185 e. The van der Waals surface area contributed by atoms with Crippen LogP contribution >= 0.6 is 22.7 Å². The van der Waals surface area contributed by atoms with Gasteiger partial charge in [0.15, 0.2) is 5.13 Å². The van der Waals surface area contributed by atoms with Crippen molar-refractivity contribution in [1.29, 1.82) is 0 Å². The first-order valence-corrected chi connectivity index (χ1v) is 7.93. The third-order valence-electron chi connectivity index (χ3n) is 3.21. The molecule has 0 unspecified atom stereocenters. The predicted octanol–water partition coefficient (Wildman–Crippen LogP) is 2.84. The Bertz CT molecular complexity index is 484. The Morgan fingerprint density at radius 1 is 1.28 bits per heavy atom. The fourth-order valence-corrected chi connectivity index (χ4v) is 3.77. The van der Waals surface area contributed by atoms with E-state index in [0.717, 1.165) is 32.7 Å². The van der Waals surface area contributed by atoms with E-state index in [1.54, 1.807) is 11.3 Å². The second-order valence-electron chi connectivity index (χ2n) is 4.60. The van der Waals surface area contributed by atoms with Crippen LogP contribution in [-0.4, -0.2) is 36.1 Å². The zero-order chi connectivity index (χ0) is 12.4. The summed E-state index contributed by atoms with van der Waals surface area (Å²) in [5, 5.41) is 3.34. The number of aryl methyl sites for hydroxylation is 1. The van der Waals surface area contributed by atoms with Gasteiger partial charge in [-0.3, -0.25) is 4.90 Å². The minimum absolute atomic E-state index is 1.10. The number of piperazine rings is 1. The molecule has 0 aromatic carbocycles. The van der Waals surface area contributed by atoms with Crippen molar-refractivity contribution < 1.29 is 0 Å². The second-order valence-corrected chi connectivity index (χ2v) is 6.84. The number of aromatic nitrogens is 1. The normalized spacial score (nSPS) is 17.3. The number of nitrogens with zero attached hydrogens (tertiary/aromatic N) is 3. The number of thiazole rings is 1. The van der Waals surface area contributed by atoms with E-state index >= 15 is 0 Å². The topological polar surface area (TPSA) is 19.4 Å². The number of anilines is 1. The molecular formula is C13H17N3S2. The molecule has 0 saturated carbocycles. The van der Waals surface area contributed by atoms with Crippen LogP contribution in [0.1, 0.15) is 9.75 Å². The van der Waals surface area contributed by atoms with Gasteiger partial charge in [0.25, 0.3) is 0 Å². The lowest BCUT2D eigenvalue weighted by atomic mass is 10.3. The highest BCUT2D eigenvalue weighted by molar-refractivity contribution is 7.15. The smallest absolute Gasteiger partial charge is 0.185 e. The quantitative estimate of drug-likeness (QED) is 0.861. The summed E-state index contributed by atoms with van der Waals surface area (Å²) < 4.78 is 0.